The van der Waals surface area contributed by atoms with E-state index in [-0.39, 0.29) is 22.5 Å². The Morgan fingerprint density at radius 2 is 2.03 bits per heavy atom. The number of anilines is 1. The van der Waals surface area contributed by atoms with E-state index in [1.165, 1.54) is 0 Å². The van der Waals surface area contributed by atoms with Crippen LogP contribution in [-0.2, 0) is 21.3 Å². The molecule has 182 valence electrons. The van der Waals surface area contributed by atoms with Crippen molar-refractivity contribution in [2.24, 2.45) is 0 Å². The highest BCUT2D eigenvalue weighted by Gasteiger charge is 2.30. The number of pyridine rings is 1. The third-order valence-corrected chi connectivity index (χ3v) is 9.93. The summed E-state index contributed by atoms with van der Waals surface area (Å²) in [5, 5.41) is 3.77. The zero-order chi connectivity index (χ0) is 24.7. The standard InChI is InChI=1S/C25H33N3O4SSi/c1-17-8-12-33(30,31)23-15-21(18(2)14-20(17)23)25(29)27-22-6-9-26-24-19(22)7-10-28(24)16-32-11-13-34(3,4)5/h6-7,9-10,14-15,17H,8,11-13,16H2,1-5H3,(H,26,27,29). The Hall–Kier alpha value is -2.49. The van der Waals surface area contributed by atoms with Crippen molar-refractivity contribution in [1.29, 1.82) is 0 Å². The molecule has 3 aromatic rings. The Kier molecular flexibility index (Phi) is 6.72. The van der Waals surface area contributed by atoms with Crippen molar-refractivity contribution in [1.82, 2.24) is 9.55 Å². The molecule has 4 rings (SSSR count). The number of carbonyl (C=O) groups excluding carboxylic acids is 1. The highest BCUT2D eigenvalue weighted by Crippen LogP contribution is 2.35. The summed E-state index contributed by atoms with van der Waals surface area (Å²) in [6.07, 6.45) is 4.16. The molecule has 0 spiro atoms. The zero-order valence-corrected chi connectivity index (χ0v) is 22.3. The molecule has 1 unspecified atom stereocenters. The lowest BCUT2D eigenvalue weighted by Crippen LogP contribution is -2.22. The summed E-state index contributed by atoms with van der Waals surface area (Å²) in [5.41, 5.74) is 3.29. The maximum absolute atomic E-state index is 13.2. The van der Waals surface area contributed by atoms with Crippen LogP contribution < -0.4 is 5.32 Å². The van der Waals surface area contributed by atoms with Crippen molar-refractivity contribution >= 4 is 40.5 Å². The Balaban J connectivity index is 1.57. The van der Waals surface area contributed by atoms with Crippen molar-refractivity contribution in [3.8, 4) is 0 Å². The Morgan fingerprint density at radius 3 is 2.76 bits per heavy atom. The summed E-state index contributed by atoms with van der Waals surface area (Å²) in [5.74, 6) is -0.0636. The number of nitrogens with one attached hydrogen (secondary N) is 1. The molecule has 1 amide bonds. The number of hydrogen-bond donors (Lipinski definition) is 1. The van der Waals surface area contributed by atoms with E-state index in [4.69, 9.17) is 4.74 Å². The van der Waals surface area contributed by atoms with Crippen LogP contribution in [0.3, 0.4) is 0 Å². The lowest BCUT2D eigenvalue weighted by molar-refractivity contribution is 0.0899. The highest BCUT2D eigenvalue weighted by molar-refractivity contribution is 7.91. The van der Waals surface area contributed by atoms with Crippen LogP contribution in [0.25, 0.3) is 11.0 Å². The first-order valence-corrected chi connectivity index (χ1v) is 17.0. The van der Waals surface area contributed by atoms with Crippen LogP contribution in [0.15, 0.2) is 41.6 Å². The van der Waals surface area contributed by atoms with E-state index in [2.05, 4.69) is 29.9 Å². The minimum Gasteiger partial charge on any atom is -0.361 e. The first kappa shape index (κ1) is 24.6. The smallest absolute Gasteiger partial charge is 0.255 e. The molecule has 9 heteroatoms. The average Bonchev–Trinajstić information content (AvgIpc) is 3.17. The van der Waals surface area contributed by atoms with Gasteiger partial charge in [-0.3, -0.25) is 4.79 Å². The van der Waals surface area contributed by atoms with Gasteiger partial charge in [0, 0.05) is 38.0 Å². The lowest BCUT2D eigenvalue weighted by atomic mass is 9.94. The number of fused-ring (bicyclic) bond motifs is 2. The van der Waals surface area contributed by atoms with E-state index in [0.717, 1.165) is 28.2 Å². The van der Waals surface area contributed by atoms with Crippen molar-refractivity contribution < 1.29 is 17.9 Å². The molecule has 0 fully saturated rings. The molecule has 1 aliphatic rings. The second-order valence-electron chi connectivity index (χ2n) is 10.4. The predicted octanol–water partition coefficient (Wildman–Crippen LogP) is 5.19. The molecule has 1 aliphatic heterocycles. The van der Waals surface area contributed by atoms with Gasteiger partial charge in [0.05, 0.1) is 16.3 Å². The van der Waals surface area contributed by atoms with Crippen LogP contribution in [-0.4, -0.2) is 44.3 Å². The number of amides is 1. The van der Waals surface area contributed by atoms with Crippen LogP contribution in [0.4, 0.5) is 5.69 Å². The van der Waals surface area contributed by atoms with Gasteiger partial charge >= 0.3 is 0 Å². The largest absolute Gasteiger partial charge is 0.361 e. The molecule has 0 radical (unpaired) electrons. The molecule has 3 heterocycles. The number of hydrogen-bond acceptors (Lipinski definition) is 5. The molecule has 1 N–H and O–H groups in total. The summed E-state index contributed by atoms with van der Waals surface area (Å²) in [6, 6.07) is 8.15. The minimum atomic E-state index is -3.38. The van der Waals surface area contributed by atoms with Crippen LogP contribution in [0.2, 0.25) is 25.7 Å². The minimum absolute atomic E-state index is 0.115. The van der Waals surface area contributed by atoms with Gasteiger partial charge < -0.3 is 14.6 Å². The molecule has 34 heavy (non-hydrogen) atoms. The van der Waals surface area contributed by atoms with Gasteiger partial charge in [0.2, 0.25) is 0 Å². The quantitative estimate of drug-likeness (QED) is 0.357. The summed E-state index contributed by atoms with van der Waals surface area (Å²) in [6.45, 7) is 11.9. The first-order valence-electron chi connectivity index (χ1n) is 11.7. The van der Waals surface area contributed by atoms with Gasteiger partial charge in [-0.2, -0.15) is 0 Å². The second kappa shape index (κ2) is 9.28. The molecule has 1 atom stereocenters. The molecule has 0 saturated heterocycles. The number of nitrogens with zero attached hydrogens (tertiary/aromatic N) is 2. The van der Waals surface area contributed by atoms with Gasteiger partial charge in [-0.25, -0.2) is 13.4 Å². The summed E-state index contributed by atoms with van der Waals surface area (Å²) >= 11 is 0. The SMILES string of the molecule is Cc1cc2c(cc1C(=O)Nc1ccnc3c1ccn3COCC[Si](C)(C)C)S(=O)(=O)CCC2C. The van der Waals surface area contributed by atoms with E-state index >= 15 is 0 Å². The topological polar surface area (TPSA) is 90.3 Å². The Bertz CT molecular complexity index is 1340. The average molecular weight is 500 g/mol. The fourth-order valence-corrected chi connectivity index (χ4v) is 6.80. The van der Waals surface area contributed by atoms with Crippen LogP contribution >= 0.6 is 0 Å². The van der Waals surface area contributed by atoms with E-state index < -0.39 is 17.9 Å². The van der Waals surface area contributed by atoms with Crippen molar-refractivity contribution in [3.05, 3.63) is 53.3 Å². The summed E-state index contributed by atoms with van der Waals surface area (Å²) < 4.78 is 33.1. The number of ether oxygens (including phenoxy) is 1. The summed E-state index contributed by atoms with van der Waals surface area (Å²) in [4.78, 5) is 18.0. The van der Waals surface area contributed by atoms with Gasteiger partial charge in [0.15, 0.2) is 9.84 Å². The molecular weight excluding hydrogens is 466 g/mol. The molecule has 2 aromatic heterocycles. The molecule has 1 aromatic carbocycles. The van der Waals surface area contributed by atoms with Crippen molar-refractivity contribution in [3.63, 3.8) is 0 Å². The Morgan fingerprint density at radius 1 is 1.26 bits per heavy atom. The predicted molar refractivity (Wildman–Crippen MR) is 138 cm³/mol. The van der Waals surface area contributed by atoms with Gasteiger partial charge in [-0.15, -0.1) is 0 Å². The van der Waals surface area contributed by atoms with E-state index in [0.29, 0.717) is 31.0 Å². The number of carbonyl (C=O) groups is 1. The van der Waals surface area contributed by atoms with Crippen molar-refractivity contribution in [2.45, 2.75) is 63.5 Å². The maximum atomic E-state index is 13.2. The maximum Gasteiger partial charge on any atom is 0.255 e. The van der Waals surface area contributed by atoms with Crippen LogP contribution in [0.1, 0.15) is 40.7 Å². The van der Waals surface area contributed by atoms with Crippen molar-refractivity contribution in [2.75, 3.05) is 17.7 Å². The third kappa shape index (κ3) is 5.11. The van der Waals surface area contributed by atoms with E-state index in [1.54, 1.807) is 18.3 Å². The fourth-order valence-electron chi connectivity index (χ4n) is 4.24. The van der Waals surface area contributed by atoms with Gasteiger partial charge in [0.25, 0.3) is 5.91 Å². The Labute approximate surface area is 202 Å². The van der Waals surface area contributed by atoms with Gasteiger partial charge in [0.1, 0.15) is 12.4 Å². The number of aromatic nitrogens is 2. The molecule has 0 aliphatic carbocycles. The fraction of sp³-hybridized carbons (Fsp3) is 0.440. The van der Waals surface area contributed by atoms with Gasteiger partial charge in [-0.05, 0) is 54.6 Å². The molecule has 0 saturated carbocycles. The number of benzene rings is 1. The van der Waals surface area contributed by atoms with E-state index in [9.17, 15) is 13.2 Å². The number of sulfone groups is 1. The highest BCUT2D eigenvalue weighted by atomic mass is 32.2. The first-order chi connectivity index (χ1) is 16.0. The van der Waals surface area contributed by atoms with Gasteiger partial charge in [-0.1, -0.05) is 32.6 Å². The second-order valence-corrected chi connectivity index (χ2v) is 18.1. The molecule has 0 bridgehead atoms. The number of rotatable bonds is 7. The monoisotopic (exact) mass is 499 g/mol. The van der Waals surface area contributed by atoms with Crippen LogP contribution in [0, 0.1) is 6.92 Å². The van der Waals surface area contributed by atoms with E-state index in [1.807, 2.05) is 36.7 Å². The molecular formula is C25H33N3O4SSi. The lowest BCUT2D eigenvalue weighted by Gasteiger charge is -2.24. The molecule has 7 nitrogen and oxygen atoms in total. The normalized spacial score (nSPS) is 17.5. The third-order valence-electron chi connectivity index (χ3n) is 6.42. The summed E-state index contributed by atoms with van der Waals surface area (Å²) in [7, 11) is -4.53. The number of aryl methyl sites for hydroxylation is 1. The van der Waals surface area contributed by atoms with Crippen LogP contribution in [0.5, 0.6) is 0 Å². The zero-order valence-electron chi connectivity index (χ0n) is 20.5.